The molecule has 0 atom stereocenters. The zero-order valence-electron chi connectivity index (χ0n) is 19.2. The van der Waals surface area contributed by atoms with Gasteiger partial charge in [0.15, 0.2) is 0 Å². The average Bonchev–Trinajstić information content (AvgIpc) is 2.42. The normalized spacial score (nSPS) is 13.4. The van der Waals surface area contributed by atoms with Crippen LogP contribution in [0.1, 0.15) is 82.1 Å². The van der Waals surface area contributed by atoms with Gasteiger partial charge in [-0.15, -0.1) is 0 Å². The number of hydrogen-bond acceptors (Lipinski definition) is 4. The van der Waals surface area contributed by atoms with Crippen LogP contribution in [0.5, 0.6) is 0 Å². The van der Waals surface area contributed by atoms with Gasteiger partial charge in [-0.1, -0.05) is 20.8 Å². The lowest BCUT2D eigenvalue weighted by Crippen LogP contribution is -2.47. The van der Waals surface area contributed by atoms with Crippen molar-refractivity contribution in [2.24, 2.45) is 5.41 Å². The molecule has 0 aliphatic heterocycles. The van der Waals surface area contributed by atoms with Gasteiger partial charge in [-0.3, -0.25) is 9.59 Å². The third-order valence-electron chi connectivity index (χ3n) is 4.03. The van der Waals surface area contributed by atoms with Crippen molar-refractivity contribution in [2.75, 3.05) is 19.8 Å². The maximum Gasteiger partial charge on any atom is 0.246 e. The van der Waals surface area contributed by atoms with Crippen molar-refractivity contribution in [2.45, 2.75) is 98.8 Å². The van der Waals surface area contributed by atoms with Gasteiger partial charge in [0.05, 0.1) is 11.2 Å². The molecule has 0 aliphatic rings. The Balaban J connectivity index is 4.22. The summed E-state index contributed by atoms with van der Waals surface area (Å²) in [4.78, 5) is 23.9. The molecule has 0 saturated carbocycles. The van der Waals surface area contributed by atoms with Gasteiger partial charge in [0, 0.05) is 24.1 Å². The van der Waals surface area contributed by atoms with E-state index in [2.05, 4.69) is 10.6 Å². The van der Waals surface area contributed by atoms with Gasteiger partial charge in [-0.05, 0) is 61.3 Å². The zero-order valence-corrected chi connectivity index (χ0v) is 19.2. The van der Waals surface area contributed by atoms with Crippen molar-refractivity contribution in [1.29, 1.82) is 0 Å². The minimum atomic E-state index is -0.385. The molecule has 27 heavy (non-hydrogen) atoms. The first kappa shape index (κ1) is 25.9. The van der Waals surface area contributed by atoms with E-state index < -0.39 is 0 Å². The summed E-state index contributed by atoms with van der Waals surface area (Å²) in [6.07, 6.45) is 1.41. The van der Waals surface area contributed by atoms with Crippen LogP contribution in [0, 0.1) is 5.41 Å². The second kappa shape index (κ2) is 9.87. The van der Waals surface area contributed by atoms with E-state index in [0.29, 0.717) is 19.6 Å². The van der Waals surface area contributed by atoms with E-state index in [1.54, 1.807) is 0 Å². The maximum absolute atomic E-state index is 12.0. The predicted molar refractivity (Wildman–Crippen MR) is 110 cm³/mol. The summed E-state index contributed by atoms with van der Waals surface area (Å²) in [5.41, 5.74) is -1.45. The van der Waals surface area contributed by atoms with Crippen LogP contribution >= 0.6 is 0 Å². The van der Waals surface area contributed by atoms with Crippen molar-refractivity contribution in [3.8, 4) is 0 Å². The first-order chi connectivity index (χ1) is 11.9. The largest absolute Gasteiger partial charge is 0.375 e. The monoisotopic (exact) mass is 386 g/mol. The van der Waals surface area contributed by atoms with Crippen molar-refractivity contribution in [3.63, 3.8) is 0 Å². The summed E-state index contributed by atoms with van der Waals surface area (Å²) in [5, 5.41) is 5.94. The summed E-state index contributed by atoms with van der Waals surface area (Å²) < 4.78 is 11.5. The van der Waals surface area contributed by atoms with E-state index in [9.17, 15) is 9.59 Å². The molecule has 0 aliphatic carbocycles. The van der Waals surface area contributed by atoms with E-state index in [1.165, 1.54) is 0 Å². The Kier molecular flexibility index (Phi) is 9.46. The first-order valence-corrected chi connectivity index (χ1v) is 9.81. The number of carbonyl (C=O) groups excluding carboxylic acids is 2. The molecule has 0 fully saturated rings. The standard InChI is InChI=1S/C21H42N2O4/c1-18(2,3)17(25)22-13-11-21(9,10)26-14-12-20(7,8)23-16(24)15-27-19(4,5)6/h11-15H2,1-10H3,(H,22,25)(H,23,24). The first-order valence-electron chi connectivity index (χ1n) is 9.81. The molecule has 0 unspecified atom stereocenters. The highest BCUT2D eigenvalue weighted by Crippen LogP contribution is 2.18. The summed E-state index contributed by atoms with van der Waals surface area (Å²) >= 11 is 0. The van der Waals surface area contributed by atoms with E-state index in [-0.39, 0.29) is 40.6 Å². The highest BCUT2D eigenvalue weighted by Gasteiger charge is 2.25. The second-order valence-corrected chi connectivity index (χ2v) is 10.4. The molecule has 2 amide bonds. The molecule has 0 aromatic rings. The van der Waals surface area contributed by atoms with Crippen LogP contribution < -0.4 is 10.6 Å². The molecular formula is C21H42N2O4. The van der Waals surface area contributed by atoms with Crippen molar-refractivity contribution in [3.05, 3.63) is 0 Å². The van der Waals surface area contributed by atoms with E-state index in [1.807, 2.05) is 69.2 Å². The van der Waals surface area contributed by atoms with E-state index >= 15 is 0 Å². The number of nitrogens with one attached hydrogen (secondary N) is 2. The number of amides is 2. The quantitative estimate of drug-likeness (QED) is 0.603. The molecule has 0 saturated heterocycles. The summed E-state index contributed by atoms with van der Waals surface area (Å²) in [7, 11) is 0. The molecule has 2 N–H and O–H groups in total. The fraction of sp³-hybridized carbons (Fsp3) is 0.905. The minimum Gasteiger partial charge on any atom is -0.375 e. The van der Waals surface area contributed by atoms with Crippen molar-refractivity contribution < 1.29 is 19.1 Å². The van der Waals surface area contributed by atoms with Crippen LogP contribution in [-0.4, -0.2) is 48.3 Å². The van der Waals surface area contributed by atoms with Gasteiger partial charge in [-0.25, -0.2) is 0 Å². The van der Waals surface area contributed by atoms with Crippen LogP contribution in [-0.2, 0) is 19.1 Å². The van der Waals surface area contributed by atoms with Crippen molar-refractivity contribution in [1.82, 2.24) is 10.6 Å². The third-order valence-corrected chi connectivity index (χ3v) is 4.03. The average molecular weight is 387 g/mol. The topological polar surface area (TPSA) is 76.7 Å². The maximum atomic E-state index is 12.0. The van der Waals surface area contributed by atoms with Gasteiger partial charge < -0.3 is 20.1 Å². The lowest BCUT2D eigenvalue weighted by atomic mass is 9.95. The van der Waals surface area contributed by atoms with Crippen LogP contribution in [0.15, 0.2) is 0 Å². The lowest BCUT2D eigenvalue weighted by Gasteiger charge is -2.31. The molecule has 0 bridgehead atoms. The Hall–Kier alpha value is -1.14. The SMILES string of the molecule is CC(C)(CCOC(C)(C)CCNC(=O)C(C)(C)C)NC(=O)COC(C)(C)C. The molecule has 0 heterocycles. The molecule has 160 valence electrons. The van der Waals surface area contributed by atoms with E-state index in [0.717, 1.165) is 6.42 Å². The Morgan fingerprint density at radius 2 is 1.37 bits per heavy atom. The molecule has 6 heteroatoms. The zero-order chi connectivity index (χ0) is 21.5. The lowest BCUT2D eigenvalue weighted by molar-refractivity contribution is -0.132. The number of hydrogen-bond donors (Lipinski definition) is 2. The third kappa shape index (κ3) is 13.6. The van der Waals surface area contributed by atoms with Crippen LogP contribution in [0.3, 0.4) is 0 Å². The van der Waals surface area contributed by atoms with Gasteiger partial charge in [0.2, 0.25) is 11.8 Å². The molecule has 0 aromatic heterocycles. The van der Waals surface area contributed by atoms with E-state index in [4.69, 9.17) is 9.47 Å². The number of rotatable bonds is 10. The number of carbonyl (C=O) groups is 2. The molecule has 0 aromatic carbocycles. The highest BCUT2D eigenvalue weighted by atomic mass is 16.5. The predicted octanol–water partition coefficient (Wildman–Crippen LogP) is 3.43. The molecule has 0 rings (SSSR count). The van der Waals surface area contributed by atoms with Gasteiger partial charge in [0.1, 0.15) is 6.61 Å². The van der Waals surface area contributed by atoms with Crippen LogP contribution in [0.2, 0.25) is 0 Å². The second-order valence-electron chi connectivity index (χ2n) is 10.4. The minimum absolute atomic E-state index is 0.0413. The molecule has 6 nitrogen and oxygen atoms in total. The van der Waals surface area contributed by atoms with Gasteiger partial charge in [-0.2, -0.15) is 0 Å². The van der Waals surface area contributed by atoms with Gasteiger partial charge >= 0.3 is 0 Å². The van der Waals surface area contributed by atoms with Crippen LogP contribution in [0.25, 0.3) is 0 Å². The number of ether oxygens (including phenoxy) is 2. The van der Waals surface area contributed by atoms with Crippen LogP contribution in [0.4, 0.5) is 0 Å². The Morgan fingerprint density at radius 3 is 1.85 bits per heavy atom. The molecule has 0 spiro atoms. The van der Waals surface area contributed by atoms with Gasteiger partial charge in [0.25, 0.3) is 0 Å². The van der Waals surface area contributed by atoms with Crippen molar-refractivity contribution >= 4 is 11.8 Å². The fourth-order valence-corrected chi connectivity index (χ4v) is 2.15. The Labute approximate surface area is 166 Å². The smallest absolute Gasteiger partial charge is 0.246 e. The fourth-order valence-electron chi connectivity index (χ4n) is 2.15. The Morgan fingerprint density at radius 1 is 0.815 bits per heavy atom. The highest BCUT2D eigenvalue weighted by molar-refractivity contribution is 5.81. The molecular weight excluding hydrogens is 344 g/mol. The summed E-state index contributed by atoms with van der Waals surface area (Å²) in [5.74, 6) is -0.0845. The molecule has 0 radical (unpaired) electrons. The Bertz CT molecular complexity index is 485. The summed E-state index contributed by atoms with van der Waals surface area (Å²) in [6.45, 7) is 20.6. The summed E-state index contributed by atoms with van der Waals surface area (Å²) in [6, 6.07) is 0.